The van der Waals surface area contributed by atoms with Gasteiger partial charge in [0.15, 0.2) is 5.82 Å². The summed E-state index contributed by atoms with van der Waals surface area (Å²) >= 11 is 0. The summed E-state index contributed by atoms with van der Waals surface area (Å²) in [5, 5.41) is 7.42. The summed E-state index contributed by atoms with van der Waals surface area (Å²) < 4.78 is 0. The van der Waals surface area contributed by atoms with Gasteiger partial charge < -0.3 is 0 Å². The first-order valence-corrected chi connectivity index (χ1v) is 24.6. The number of benzene rings is 11. The van der Waals surface area contributed by atoms with Gasteiger partial charge in [0.05, 0.1) is 11.4 Å². The molecule has 0 fully saturated rings. The average Bonchev–Trinajstić information content (AvgIpc) is 3.79. The lowest BCUT2D eigenvalue weighted by atomic mass is 9.82. The van der Waals surface area contributed by atoms with Crippen molar-refractivity contribution in [2.45, 2.75) is 0 Å². The molecular formula is C69H43N3. The molecule has 0 amide bonds. The predicted octanol–water partition coefficient (Wildman–Crippen LogP) is 18.3. The highest BCUT2D eigenvalue weighted by molar-refractivity contribution is 6.28. The van der Waals surface area contributed by atoms with Crippen LogP contribution >= 0.6 is 0 Å². The Morgan fingerprint density at radius 3 is 1.24 bits per heavy atom. The van der Waals surface area contributed by atoms with Crippen molar-refractivity contribution in [2.24, 2.45) is 0 Å². The van der Waals surface area contributed by atoms with E-state index in [0.717, 1.165) is 55.7 Å². The third-order valence-electron chi connectivity index (χ3n) is 14.5. The van der Waals surface area contributed by atoms with E-state index in [4.69, 9.17) is 9.97 Å². The first kappa shape index (κ1) is 41.4. The van der Waals surface area contributed by atoms with Crippen LogP contribution in [0.25, 0.3) is 144 Å². The van der Waals surface area contributed by atoms with E-state index in [1.54, 1.807) is 0 Å². The quantitative estimate of drug-likeness (QED) is 0.152. The van der Waals surface area contributed by atoms with Gasteiger partial charge in [0.1, 0.15) is 0 Å². The maximum Gasteiger partial charge on any atom is 0.160 e. The standard InChI is InChI=1S/C69H43N3/c1-4-15-50(16-5-1)64-57-23-12-13-24-58(57)65(51-17-6-2-7-18-51)68-60-40-39-55(56-25-14-26-59(66(56)60)67(64)68)46-31-27-44(28-32-46)45-29-35-48(36-30-45)62-41-63(72-69(71-62)52-19-8-3-9-20-52)49-37-33-47(34-38-49)61-43-70-42-53-21-10-11-22-54(53)61/h1-43H. The van der Waals surface area contributed by atoms with Crippen molar-refractivity contribution in [1.82, 2.24) is 15.0 Å². The summed E-state index contributed by atoms with van der Waals surface area (Å²) in [6, 6.07) is 89.6. The first-order chi connectivity index (χ1) is 35.7. The molecule has 2 heterocycles. The molecule has 0 unspecified atom stereocenters. The van der Waals surface area contributed by atoms with Gasteiger partial charge in [-0.15, -0.1) is 0 Å². The van der Waals surface area contributed by atoms with Crippen molar-refractivity contribution < 1.29 is 0 Å². The molecule has 0 saturated carbocycles. The van der Waals surface area contributed by atoms with Gasteiger partial charge in [-0.05, 0) is 105 Å². The molecule has 0 bridgehead atoms. The maximum absolute atomic E-state index is 5.14. The minimum Gasteiger partial charge on any atom is -0.263 e. The molecule has 0 saturated heterocycles. The Balaban J connectivity index is 0.812. The fourth-order valence-electron chi connectivity index (χ4n) is 11.2. The van der Waals surface area contributed by atoms with Crippen molar-refractivity contribution in [3.8, 4) is 112 Å². The molecule has 334 valence electrons. The number of fused-ring (bicyclic) bond motifs is 5. The average molecular weight is 914 g/mol. The van der Waals surface area contributed by atoms with Gasteiger partial charge in [-0.3, -0.25) is 4.98 Å². The molecule has 0 atom stereocenters. The normalized spacial score (nSPS) is 11.6. The molecule has 3 nitrogen and oxygen atoms in total. The van der Waals surface area contributed by atoms with E-state index in [2.05, 4.69) is 236 Å². The minimum absolute atomic E-state index is 0.693. The van der Waals surface area contributed by atoms with Crippen LogP contribution < -0.4 is 0 Å². The van der Waals surface area contributed by atoms with E-state index < -0.39 is 0 Å². The van der Waals surface area contributed by atoms with E-state index >= 15 is 0 Å². The summed E-state index contributed by atoms with van der Waals surface area (Å²) in [5.41, 5.74) is 22.0. The van der Waals surface area contributed by atoms with Crippen LogP contribution in [0.4, 0.5) is 0 Å². The van der Waals surface area contributed by atoms with E-state index in [-0.39, 0.29) is 0 Å². The van der Waals surface area contributed by atoms with Gasteiger partial charge in [0.2, 0.25) is 0 Å². The molecule has 13 aromatic rings. The smallest absolute Gasteiger partial charge is 0.160 e. The van der Waals surface area contributed by atoms with Gasteiger partial charge in [-0.2, -0.15) is 0 Å². The monoisotopic (exact) mass is 913 g/mol. The van der Waals surface area contributed by atoms with Crippen LogP contribution in [0.1, 0.15) is 0 Å². The lowest BCUT2D eigenvalue weighted by molar-refractivity contribution is 1.18. The molecule has 0 aliphatic heterocycles. The van der Waals surface area contributed by atoms with Crippen molar-refractivity contribution >= 4 is 32.3 Å². The number of aromatic nitrogens is 3. The molecular weight excluding hydrogens is 871 g/mol. The number of hydrogen-bond acceptors (Lipinski definition) is 3. The Labute approximate surface area is 418 Å². The molecule has 72 heavy (non-hydrogen) atoms. The number of hydrogen-bond donors (Lipinski definition) is 0. The van der Waals surface area contributed by atoms with Crippen molar-refractivity contribution in [1.29, 1.82) is 0 Å². The predicted molar refractivity (Wildman–Crippen MR) is 300 cm³/mol. The third-order valence-corrected chi connectivity index (χ3v) is 14.5. The molecule has 0 spiro atoms. The molecule has 3 heteroatoms. The molecule has 0 radical (unpaired) electrons. The fraction of sp³-hybridized carbons (Fsp3) is 0. The second kappa shape index (κ2) is 17.1. The first-order valence-electron chi connectivity index (χ1n) is 24.6. The molecule has 1 aliphatic carbocycles. The van der Waals surface area contributed by atoms with Crippen LogP contribution in [0.15, 0.2) is 261 Å². The highest BCUT2D eigenvalue weighted by Crippen LogP contribution is 2.58. The Kier molecular flexibility index (Phi) is 9.85. The van der Waals surface area contributed by atoms with E-state index in [0.29, 0.717) is 5.82 Å². The Bertz CT molecular complexity index is 4110. The van der Waals surface area contributed by atoms with Crippen LogP contribution in [0.3, 0.4) is 0 Å². The Morgan fingerprint density at radius 1 is 0.236 bits per heavy atom. The Morgan fingerprint density at radius 2 is 0.667 bits per heavy atom. The second-order valence-electron chi connectivity index (χ2n) is 18.6. The van der Waals surface area contributed by atoms with Crippen LogP contribution in [0.2, 0.25) is 0 Å². The van der Waals surface area contributed by atoms with E-state index in [1.165, 1.54) is 82.6 Å². The summed E-state index contributed by atoms with van der Waals surface area (Å²) in [6.45, 7) is 0. The van der Waals surface area contributed by atoms with Gasteiger partial charge in [0.25, 0.3) is 0 Å². The lowest BCUT2D eigenvalue weighted by Gasteiger charge is -2.20. The topological polar surface area (TPSA) is 38.7 Å². The minimum atomic E-state index is 0.693. The van der Waals surface area contributed by atoms with Crippen LogP contribution in [0.5, 0.6) is 0 Å². The van der Waals surface area contributed by atoms with Crippen molar-refractivity contribution in [2.75, 3.05) is 0 Å². The van der Waals surface area contributed by atoms with Crippen LogP contribution in [-0.2, 0) is 0 Å². The molecule has 2 aromatic heterocycles. The number of pyridine rings is 1. The van der Waals surface area contributed by atoms with Crippen molar-refractivity contribution in [3.63, 3.8) is 0 Å². The molecule has 0 N–H and O–H groups in total. The maximum atomic E-state index is 5.14. The largest absolute Gasteiger partial charge is 0.263 e. The van der Waals surface area contributed by atoms with Crippen molar-refractivity contribution in [3.05, 3.63) is 261 Å². The molecule has 14 rings (SSSR count). The summed E-state index contributed by atoms with van der Waals surface area (Å²) in [7, 11) is 0. The van der Waals surface area contributed by atoms with E-state index in [1.807, 2.05) is 30.6 Å². The van der Waals surface area contributed by atoms with E-state index in [9.17, 15) is 0 Å². The number of nitrogens with zero attached hydrogens (tertiary/aromatic N) is 3. The summed E-state index contributed by atoms with van der Waals surface area (Å²) in [5.74, 6) is 0.693. The van der Waals surface area contributed by atoms with Crippen LogP contribution in [-0.4, -0.2) is 15.0 Å². The highest BCUT2D eigenvalue weighted by atomic mass is 14.9. The van der Waals surface area contributed by atoms with Gasteiger partial charge in [0, 0.05) is 40.0 Å². The number of rotatable bonds is 8. The van der Waals surface area contributed by atoms with Gasteiger partial charge in [-0.25, -0.2) is 9.97 Å². The zero-order chi connectivity index (χ0) is 47.5. The SMILES string of the molecule is c1ccc(-c2nc(-c3ccc(-c4ccc(-c5ccc6c7c(cccc57)-c5c-6c(-c6ccccc6)c6ccccc6c5-c5ccccc5)cc4)cc3)cc(-c3ccc(-c4cncc5ccccc45)cc3)n2)cc1. The third kappa shape index (κ3) is 6.94. The zero-order valence-corrected chi connectivity index (χ0v) is 39.2. The molecule has 1 aliphatic rings. The fourth-order valence-corrected chi connectivity index (χ4v) is 11.2. The second-order valence-corrected chi connectivity index (χ2v) is 18.6. The zero-order valence-electron chi connectivity index (χ0n) is 39.2. The molecule has 11 aromatic carbocycles. The lowest BCUT2D eigenvalue weighted by Crippen LogP contribution is -1.96. The van der Waals surface area contributed by atoms with Gasteiger partial charge in [-0.1, -0.05) is 243 Å². The highest BCUT2D eigenvalue weighted by Gasteiger charge is 2.31. The summed E-state index contributed by atoms with van der Waals surface area (Å²) in [4.78, 5) is 14.8. The van der Waals surface area contributed by atoms with Gasteiger partial charge >= 0.3 is 0 Å². The Hall–Kier alpha value is -9.57. The van der Waals surface area contributed by atoms with Crippen LogP contribution in [0, 0.1) is 0 Å². The summed E-state index contributed by atoms with van der Waals surface area (Å²) in [6.07, 6.45) is 3.87.